The Morgan fingerprint density at radius 3 is 2.57 bits per heavy atom. The summed E-state index contributed by atoms with van der Waals surface area (Å²) >= 11 is 0. The molecule has 1 aromatic rings. The summed E-state index contributed by atoms with van der Waals surface area (Å²) in [5.41, 5.74) is 4.45. The van der Waals surface area contributed by atoms with E-state index in [0.717, 1.165) is 29.6 Å². The van der Waals surface area contributed by atoms with Gasteiger partial charge in [-0.2, -0.15) is 0 Å². The van der Waals surface area contributed by atoms with Crippen LogP contribution in [0.5, 0.6) is 5.75 Å². The third-order valence-corrected chi connectivity index (χ3v) is 7.80. The molecule has 0 unspecified atom stereocenters. The van der Waals surface area contributed by atoms with E-state index in [-0.39, 0.29) is 47.8 Å². The SMILES string of the molecule is COCC1=C2[C@@H](CC/C(C)=C/c3ccc(O)cc3)OC[C@@H]2[C@@H]2C(=O)N(CCCCCC(=O)O)C(=O)[C@@H]2C1. The minimum Gasteiger partial charge on any atom is -0.508 e. The van der Waals surface area contributed by atoms with Crippen LogP contribution in [-0.4, -0.2) is 65.9 Å². The Hall–Kier alpha value is -2.97. The molecule has 2 saturated heterocycles. The first-order valence-electron chi connectivity index (χ1n) is 13.2. The lowest BCUT2D eigenvalue weighted by atomic mass is 9.69. The van der Waals surface area contributed by atoms with Gasteiger partial charge in [0.25, 0.3) is 0 Å². The molecule has 200 valence electrons. The summed E-state index contributed by atoms with van der Waals surface area (Å²) in [6.45, 7) is 3.28. The number of allylic oxidation sites excluding steroid dienone is 1. The summed E-state index contributed by atoms with van der Waals surface area (Å²) < 4.78 is 11.7. The number of imide groups is 1. The molecule has 0 spiro atoms. The number of benzene rings is 1. The van der Waals surface area contributed by atoms with Gasteiger partial charge in [0, 0.05) is 26.0 Å². The predicted octanol–water partition coefficient (Wildman–Crippen LogP) is 4.18. The first kappa shape index (κ1) is 27.1. The van der Waals surface area contributed by atoms with Gasteiger partial charge in [-0.1, -0.05) is 30.2 Å². The van der Waals surface area contributed by atoms with Crippen LogP contribution in [0.4, 0.5) is 0 Å². The number of carbonyl (C=O) groups is 3. The van der Waals surface area contributed by atoms with Crippen molar-refractivity contribution in [2.24, 2.45) is 17.8 Å². The molecule has 2 heterocycles. The highest BCUT2D eigenvalue weighted by atomic mass is 16.5. The second kappa shape index (κ2) is 12.0. The number of hydrogen-bond donors (Lipinski definition) is 2. The van der Waals surface area contributed by atoms with Crippen LogP contribution in [0.1, 0.15) is 57.4 Å². The van der Waals surface area contributed by atoms with Crippen LogP contribution in [0.3, 0.4) is 0 Å². The maximum Gasteiger partial charge on any atom is 0.303 e. The Morgan fingerprint density at radius 2 is 1.86 bits per heavy atom. The number of likely N-dealkylation sites (tertiary alicyclic amines) is 1. The van der Waals surface area contributed by atoms with Crippen molar-refractivity contribution in [2.45, 2.75) is 58.0 Å². The molecule has 2 fully saturated rings. The molecule has 4 atom stereocenters. The number of unbranched alkanes of at least 4 members (excludes halogenated alkanes) is 2. The van der Waals surface area contributed by atoms with Crippen molar-refractivity contribution in [3.05, 3.63) is 46.5 Å². The van der Waals surface area contributed by atoms with E-state index in [1.54, 1.807) is 19.2 Å². The van der Waals surface area contributed by atoms with Gasteiger partial charge in [-0.05, 0) is 67.9 Å². The Morgan fingerprint density at radius 1 is 1.11 bits per heavy atom. The molecular weight excluding hydrogens is 474 g/mol. The highest BCUT2D eigenvalue weighted by Crippen LogP contribution is 2.49. The topological polar surface area (TPSA) is 113 Å². The van der Waals surface area contributed by atoms with E-state index in [4.69, 9.17) is 14.6 Å². The van der Waals surface area contributed by atoms with Gasteiger partial charge in [-0.3, -0.25) is 19.3 Å². The first-order valence-corrected chi connectivity index (χ1v) is 13.2. The second-order valence-electron chi connectivity index (χ2n) is 10.4. The van der Waals surface area contributed by atoms with E-state index in [0.29, 0.717) is 45.4 Å². The summed E-state index contributed by atoms with van der Waals surface area (Å²) in [6, 6.07) is 7.09. The number of carboxylic acids is 1. The van der Waals surface area contributed by atoms with Gasteiger partial charge in [-0.25, -0.2) is 0 Å². The van der Waals surface area contributed by atoms with E-state index in [1.807, 2.05) is 12.1 Å². The number of nitrogens with zero attached hydrogens (tertiary/aromatic N) is 1. The number of carboxylic acid groups (broad SMARTS) is 1. The van der Waals surface area contributed by atoms with Crippen LogP contribution in [-0.2, 0) is 23.9 Å². The minimum absolute atomic E-state index is 0.102. The van der Waals surface area contributed by atoms with E-state index in [1.165, 1.54) is 10.5 Å². The summed E-state index contributed by atoms with van der Waals surface area (Å²) in [6.07, 6.45) is 6.05. The summed E-state index contributed by atoms with van der Waals surface area (Å²) in [7, 11) is 1.65. The zero-order valence-electron chi connectivity index (χ0n) is 21.7. The number of aromatic hydroxyl groups is 1. The van der Waals surface area contributed by atoms with Crippen LogP contribution in [0.15, 0.2) is 41.0 Å². The van der Waals surface area contributed by atoms with Crippen LogP contribution in [0.25, 0.3) is 6.08 Å². The predicted molar refractivity (Wildman–Crippen MR) is 138 cm³/mol. The van der Waals surface area contributed by atoms with E-state index in [2.05, 4.69) is 13.0 Å². The number of rotatable bonds is 12. The van der Waals surface area contributed by atoms with Gasteiger partial charge in [0.1, 0.15) is 5.75 Å². The van der Waals surface area contributed by atoms with Gasteiger partial charge in [0.05, 0.1) is 31.2 Å². The fourth-order valence-corrected chi connectivity index (χ4v) is 6.07. The van der Waals surface area contributed by atoms with E-state index >= 15 is 0 Å². The van der Waals surface area contributed by atoms with Gasteiger partial charge >= 0.3 is 5.97 Å². The third kappa shape index (κ3) is 6.13. The number of fused-ring (bicyclic) bond motifs is 3. The molecular formula is C29H37NO7. The highest BCUT2D eigenvalue weighted by molar-refractivity contribution is 6.06. The zero-order valence-corrected chi connectivity index (χ0v) is 21.7. The molecule has 0 saturated carbocycles. The molecule has 0 aromatic heterocycles. The standard InChI is InChI=1S/C29H37NO7/c1-18(14-19-8-10-21(31)11-9-19)7-12-24-26-20(16-36-2)15-22-27(23(26)17-37-24)29(35)30(28(22)34)13-5-3-4-6-25(32)33/h8-11,14,22-24,27,31H,3-7,12-13,15-17H2,1-2H3,(H,32,33)/b18-14+/t22-,23+,24-,27-/m1/s1. The highest BCUT2D eigenvalue weighted by Gasteiger charge is 2.56. The summed E-state index contributed by atoms with van der Waals surface area (Å²) in [5.74, 6) is -1.68. The van der Waals surface area contributed by atoms with Crippen molar-refractivity contribution in [3.63, 3.8) is 0 Å². The lowest BCUT2D eigenvalue weighted by Gasteiger charge is -2.31. The Bertz CT molecular complexity index is 1070. The molecule has 2 aliphatic heterocycles. The van der Waals surface area contributed by atoms with Gasteiger partial charge in [-0.15, -0.1) is 0 Å². The van der Waals surface area contributed by atoms with Crippen LogP contribution < -0.4 is 0 Å². The van der Waals surface area contributed by atoms with Crippen LogP contribution in [0.2, 0.25) is 0 Å². The molecule has 4 rings (SSSR count). The fraction of sp³-hybridized carbons (Fsp3) is 0.552. The zero-order chi connectivity index (χ0) is 26.5. The van der Waals surface area contributed by atoms with Crippen molar-refractivity contribution in [1.82, 2.24) is 4.90 Å². The Kier molecular flexibility index (Phi) is 8.82. The number of amides is 2. The number of methoxy groups -OCH3 is 1. The Labute approximate surface area is 217 Å². The first-order chi connectivity index (χ1) is 17.8. The smallest absolute Gasteiger partial charge is 0.303 e. The van der Waals surface area contributed by atoms with E-state index < -0.39 is 5.97 Å². The maximum absolute atomic E-state index is 13.4. The fourth-order valence-electron chi connectivity index (χ4n) is 6.07. The van der Waals surface area contributed by atoms with Gasteiger partial charge in [0.15, 0.2) is 0 Å². The van der Waals surface area contributed by atoms with E-state index in [9.17, 15) is 19.5 Å². The molecule has 2 amide bonds. The minimum atomic E-state index is -0.828. The number of hydrogen-bond acceptors (Lipinski definition) is 6. The maximum atomic E-state index is 13.4. The number of aliphatic carboxylic acids is 1. The van der Waals surface area contributed by atoms with Crippen molar-refractivity contribution in [3.8, 4) is 5.75 Å². The molecule has 37 heavy (non-hydrogen) atoms. The lowest BCUT2D eigenvalue weighted by Crippen LogP contribution is -2.35. The number of phenolic OH excluding ortho intramolecular Hbond substituents is 1. The molecule has 8 nitrogen and oxygen atoms in total. The van der Waals surface area contributed by atoms with Crippen molar-refractivity contribution >= 4 is 23.9 Å². The number of carbonyl (C=O) groups excluding carboxylic acids is 2. The molecule has 3 aliphatic rings. The summed E-state index contributed by atoms with van der Waals surface area (Å²) in [5, 5.41) is 18.3. The molecule has 0 radical (unpaired) electrons. The largest absolute Gasteiger partial charge is 0.508 e. The average Bonchev–Trinajstić information content (AvgIpc) is 3.38. The van der Waals surface area contributed by atoms with Crippen LogP contribution in [0, 0.1) is 17.8 Å². The summed E-state index contributed by atoms with van der Waals surface area (Å²) in [4.78, 5) is 38.8. The average molecular weight is 512 g/mol. The molecule has 2 N–H and O–H groups in total. The van der Waals surface area contributed by atoms with Crippen molar-refractivity contribution < 1.29 is 34.1 Å². The normalized spacial score (nSPS) is 25.6. The van der Waals surface area contributed by atoms with Gasteiger partial charge in [0.2, 0.25) is 11.8 Å². The molecule has 1 aromatic carbocycles. The van der Waals surface area contributed by atoms with Gasteiger partial charge < -0.3 is 19.7 Å². The van der Waals surface area contributed by atoms with Crippen molar-refractivity contribution in [2.75, 3.05) is 26.9 Å². The molecule has 8 heteroatoms. The Balaban J connectivity index is 1.43. The van der Waals surface area contributed by atoms with Crippen LogP contribution >= 0.6 is 0 Å². The van der Waals surface area contributed by atoms with Crippen molar-refractivity contribution in [1.29, 1.82) is 0 Å². The third-order valence-electron chi connectivity index (χ3n) is 7.80. The monoisotopic (exact) mass is 511 g/mol. The molecule has 0 bridgehead atoms. The lowest BCUT2D eigenvalue weighted by molar-refractivity contribution is -0.141. The number of phenols is 1. The quantitative estimate of drug-likeness (QED) is 0.246. The second-order valence-corrected chi connectivity index (χ2v) is 10.4. The molecule has 1 aliphatic carbocycles. The number of ether oxygens (including phenoxy) is 2.